The predicted octanol–water partition coefficient (Wildman–Crippen LogP) is 3.62. The Hall–Kier alpha value is -1.39. The van der Waals surface area contributed by atoms with E-state index in [1.165, 1.54) is 5.56 Å². The molecule has 2 unspecified atom stereocenters. The maximum absolute atomic E-state index is 6.05. The summed E-state index contributed by atoms with van der Waals surface area (Å²) >= 11 is 3.52. The zero-order chi connectivity index (χ0) is 13.8. The van der Waals surface area contributed by atoms with E-state index in [1.54, 1.807) is 12.4 Å². The van der Waals surface area contributed by atoms with Crippen LogP contribution in [-0.2, 0) is 0 Å². The molecule has 0 saturated heterocycles. The van der Waals surface area contributed by atoms with Crippen LogP contribution in [0.2, 0.25) is 0 Å². The van der Waals surface area contributed by atoms with E-state index < -0.39 is 0 Å². The Balaban J connectivity index is 2.27. The van der Waals surface area contributed by atoms with Crippen molar-refractivity contribution in [3.8, 4) is 5.75 Å². The second-order valence-electron chi connectivity index (χ2n) is 4.61. The van der Waals surface area contributed by atoms with Crippen LogP contribution >= 0.6 is 15.9 Å². The fourth-order valence-corrected chi connectivity index (χ4v) is 2.46. The van der Waals surface area contributed by atoms with Gasteiger partial charge in [-0.1, -0.05) is 6.07 Å². The SMILES string of the molecule is Cc1ccc(OC(c2ccncc2)C(C)N)c(Br)c1. The highest BCUT2D eigenvalue weighted by molar-refractivity contribution is 9.10. The Morgan fingerprint density at radius 2 is 1.89 bits per heavy atom. The molecule has 0 amide bonds. The lowest BCUT2D eigenvalue weighted by Gasteiger charge is -2.23. The van der Waals surface area contributed by atoms with Crippen LogP contribution in [0.3, 0.4) is 0 Å². The number of nitrogens with two attached hydrogens (primary N) is 1. The number of rotatable bonds is 4. The van der Waals surface area contributed by atoms with Gasteiger partial charge in [0.25, 0.3) is 0 Å². The molecule has 0 radical (unpaired) electrons. The Morgan fingerprint density at radius 3 is 2.47 bits per heavy atom. The van der Waals surface area contributed by atoms with Crippen molar-refractivity contribution in [3.05, 3.63) is 58.3 Å². The number of benzene rings is 1. The normalized spacial score (nSPS) is 13.9. The summed E-state index contributed by atoms with van der Waals surface area (Å²) in [4.78, 5) is 4.02. The molecule has 0 saturated carbocycles. The predicted molar refractivity (Wildman–Crippen MR) is 80.1 cm³/mol. The van der Waals surface area contributed by atoms with Crippen molar-refractivity contribution in [3.63, 3.8) is 0 Å². The summed E-state index contributed by atoms with van der Waals surface area (Å²) < 4.78 is 6.99. The molecule has 0 bridgehead atoms. The summed E-state index contributed by atoms with van der Waals surface area (Å²) in [5.41, 5.74) is 8.24. The molecule has 2 rings (SSSR count). The lowest BCUT2D eigenvalue weighted by Crippen LogP contribution is -2.29. The first-order valence-corrected chi connectivity index (χ1v) is 6.95. The third-order valence-electron chi connectivity index (χ3n) is 2.85. The van der Waals surface area contributed by atoms with Crippen LogP contribution < -0.4 is 10.5 Å². The van der Waals surface area contributed by atoms with Gasteiger partial charge in [-0.05, 0) is 65.2 Å². The molecule has 0 aliphatic heterocycles. The molecule has 3 nitrogen and oxygen atoms in total. The minimum atomic E-state index is -0.193. The molecule has 2 aromatic rings. The minimum Gasteiger partial charge on any atom is -0.483 e. The summed E-state index contributed by atoms with van der Waals surface area (Å²) in [7, 11) is 0. The van der Waals surface area contributed by atoms with Crippen molar-refractivity contribution >= 4 is 15.9 Å². The van der Waals surface area contributed by atoms with Crippen molar-refractivity contribution in [1.29, 1.82) is 0 Å². The molecule has 0 spiro atoms. The third-order valence-corrected chi connectivity index (χ3v) is 3.47. The molecule has 0 aliphatic rings. The Labute approximate surface area is 121 Å². The van der Waals surface area contributed by atoms with Crippen LogP contribution in [0.1, 0.15) is 24.2 Å². The summed E-state index contributed by atoms with van der Waals surface area (Å²) in [6.07, 6.45) is 3.30. The maximum Gasteiger partial charge on any atom is 0.139 e. The largest absolute Gasteiger partial charge is 0.483 e. The highest BCUT2D eigenvalue weighted by atomic mass is 79.9. The number of halogens is 1. The molecular weight excluding hydrogens is 304 g/mol. The van der Waals surface area contributed by atoms with Gasteiger partial charge in [-0.25, -0.2) is 0 Å². The fraction of sp³-hybridized carbons (Fsp3) is 0.267. The van der Waals surface area contributed by atoms with Crippen LogP contribution in [0.15, 0.2) is 47.2 Å². The smallest absolute Gasteiger partial charge is 0.139 e. The summed E-state index contributed by atoms with van der Waals surface area (Å²) in [6.45, 7) is 3.98. The minimum absolute atomic E-state index is 0.115. The van der Waals surface area contributed by atoms with E-state index in [1.807, 2.05) is 44.2 Å². The first kappa shape index (κ1) is 14.0. The molecule has 2 atom stereocenters. The number of pyridine rings is 1. The zero-order valence-corrected chi connectivity index (χ0v) is 12.6. The summed E-state index contributed by atoms with van der Waals surface area (Å²) in [5.74, 6) is 0.796. The van der Waals surface area contributed by atoms with E-state index in [-0.39, 0.29) is 12.1 Å². The van der Waals surface area contributed by atoms with E-state index >= 15 is 0 Å². The third kappa shape index (κ3) is 3.55. The van der Waals surface area contributed by atoms with Crippen molar-refractivity contribution in [1.82, 2.24) is 4.98 Å². The van der Waals surface area contributed by atoms with Crippen LogP contribution in [-0.4, -0.2) is 11.0 Å². The van der Waals surface area contributed by atoms with Crippen LogP contribution in [0.5, 0.6) is 5.75 Å². The van der Waals surface area contributed by atoms with E-state index in [2.05, 4.69) is 20.9 Å². The highest BCUT2D eigenvalue weighted by Gasteiger charge is 2.19. The molecule has 1 heterocycles. The van der Waals surface area contributed by atoms with E-state index in [4.69, 9.17) is 10.5 Å². The quantitative estimate of drug-likeness (QED) is 0.936. The number of hydrogen-bond acceptors (Lipinski definition) is 3. The van der Waals surface area contributed by atoms with Gasteiger partial charge in [0.15, 0.2) is 0 Å². The number of aryl methyl sites for hydroxylation is 1. The standard InChI is InChI=1S/C15H17BrN2O/c1-10-3-4-14(13(16)9-10)19-15(11(2)17)12-5-7-18-8-6-12/h3-9,11,15H,17H2,1-2H3. The van der Waals surface area contributed by atoms with E-state index in [0.717, 1.165) is 15.8 Å². The Bertz CT molecular complexity index is 543. The number of ether oxygens (including phenoxy) is 1. The lowest BCUT2D eigenvalue weighted by molar-refractivity contribution is 0.179. The molecule has 0 fully saturated rings. The number of nitrogens with zero attached hydrogens (tertiary/aromatic N) is 1. The number of hydrogen-bond donors (Lipinski definition) is 1. The molecule has 1 aromatic carbocycles. The maximum atomic E-state index is 6.05. The Kier molecular flexibility index (Phi) is 4.56. The van der Waals surface area contributed by atoms with Gasteiger partial charge in [0.1, 0.15) is 11.9 Å². The van der Waals surface area contributed by atoms with E-state index in [0.29, 0.717) is 0 Å². The van der Waals surface area contributed by atoms with Crippen molar-refractivity contribution in [2.75, 3.05) is 0 Å². The molecule has 2 N–H and O–H groups in total. The monoisotopic (exact) mass is 320 g/mol. The first-order valence-electron chi connectivity index (χ1n) is 6.16. The molecule has 4 heteroatoms. The number of aromatic nitrogens is 1. The van der Waals surface area contributed by atoms with Gasteiger partial charge in [0, 0.05) is 18.4 Å². The van der Waals surface area contributed by atoms with Gasteiger partial charge in [-0.2, -0.15) is 0 Å². The average molecular weight is 321 g/mol. The van der Waals surface area contributed by atoms with Gasteiger partial charge in [0.05, 0.1) is 4.47 Å². The highest BCUT2D eigenvalue weighted by Crippen LogP contribution is 2.31. The molecule has 0 aliphatic carbocycles. The molecule has 19 heavy (non-hydrogen) atoms. The van der Waals surface area contributed by atoms with Gasteiger partial charge in [0.2, 0.25) is 0 Å². The van der Waals surface area contributed by atoms with Crippen LogP contribution in [0.25, 0.3) is 0 Å². The second-order valence-corrected chi connectivity index (χ2v) is 5.47. The second kappa shape index (κ2) is 6.17. The molecule has 1 aromatic heterocycles. The van der Waals surface area contributed by atoms with Crippen molar-refractivity contribution in [2.24, 2.45) is 5.73 Å². The van der Waals surface area contributed by atoms with Gasteiger partial charge >= 0.3 is 0 Å². The summed E-state index contributed by atoms with van der Waals surface area (Å²) in [6, 6.07) is 9.74. The first-order chi connectivity index (χ1) is 9.08. The summed E-state index contributed by atoms with van der Waals surface area (Å²) in [5, 5.41) is 0. The van der Waals surface area contributed by atoms with Crippen molar-refractivity contribution < 1.29 is 4.74 Å². The van der Waals surface area contributed by atoms with Crippen LogP contribution in [0, 0.1) is 6.92 Å². The van der Waals surface area contributed by atoms with E-state index in [9.17, 15) is 0 Å². The van der Waals surface area contributed by atoms with Crippen LogP contribution in [0.4, 0.5) is 0 Å². The molecule has 100 valence electrons. The zero-order valence-electron chi connectivity index (χ0n) is 11.0. The van der Waals surface area contributed by atoms with Gasteiger partial charge in [-0.15, -0.1) is 0 Å². The average Bonchev–Trinajstić information content (AvgIpc) is 2.38. The van der Waals surface area contributed by atoms with Crippen molar-refractivity contribution in [2.45, 2.75) is 26.0 Å². The topological polar surface area (TPSA) is 48.1 Å². The lowest BCUT2D eigenvalue weighted by atomic mass is 10.1. The fourth-order valence-electron chi connectivity index (χ4n) is 1.87. The van der Waals surface area contributed by atoms with Gasteiger partial charge < -0.3 is 10.5 Å². The Morgan fingerprint density at radius 1 is 1.21 bits per heavy atom. The van der Waals surface area contributed by atoms with Gasteiger partial charge in [-0.3, -0.25) is 4.98 Å². The molecular formula is C15H17BrN2O.